The fourth-order valence-electron chi connectivity index (χ4n) is 4.02. The van der Waals surface area contributed by atoms with Crippen molar-refractivity contribution in [3.8, 4) is 0 Å². The lowest BCUT2D eigenvalue weighted by Crippen LogP contribution is -2.43. The van der Waals surface area contributed by atoms with Crippen LogP contribution in [0.3, 0.4) is 0 Å². The largest absolute Gasteiger partial charge is 0.381 e. The molecule has 2 aliphatic rings. The first kappa shape index (κ1) is 19.6. The minimum Gasteiger partial charge on any atom is -0.381 e. The van der Waals surface area contributed by atoms with Gasteiger partial charge in [0.2, 0.25) is 5.91 Å². The number of benzene rings is 2. The van der Waals surface area contributed by atoms with Gasteiger partial charge in [0, 0.05) is 43.5 Å². The van der Waals surface area contributed by atoms with Crippen LogP contribution in [0.25, 0.3) is 0 Å². The van der Waals surface area contributed by atoms with Crippen molar-refractivity contribution in [3.63, 3.8) is 0 Å². The third-order valence-electron chi connectivity index (χ3n) is 5.63. The van der Waals surface area contributed by atoms with E-state index < -0.39 is 0 Å². The molecule has 29 heavy (non-hydrogen) atoms. The predicted molar refractivity (Wildman–Crippen MR) is 108 cm³/mol. The van der Waals surface area contributed by atoms with Crippen LogP contribution in [-0.4, -0.2) is 36.0 Å². The van der Waals surface area contributed by atoms with Crippen LogP contribution in [0.4, 0.5) is 10.1 Å². The Morgan fingerprint density at radius 3 is 2.62 bits per heavy atom. The molecule has 0 aliphatic carbocycles. The minimum atomic E-state index is -0.287. The predicted octanol–water partition coefficient (Wildman–Crippen LogP) is 3.92. The Labute approximate surface area is 169 Å². The second-order valence-electron chi connectivity index (χ2n) is 7.68. The van der Waals surface area contributed by atoms with Gasteiger partial charge in [-0.25, -0.2) is 4.39 Å². The van der Waals surface area contributed by atoms with Crippen molar-refractivity contribution in [3.05, 3.63) is 65.0 Å². The monoisotopic (exact) mass is 396 g/mol. The lowest BCUT2D eigenvalue weighted by atomic mass is 10.0. The van der Waals surface area contributed by atoms with Gasteiger partial charge >= 0.3 is 0 Å². The number of nitrogens with one attached hydrogen (secondary N) is 1. The second-order valence-corrected chi connectivity index (χ2v) is 7.68. The number of carbonyl (C=O) groups is 2. The van der Waals surface area contributed by atoms with Crippen molar-refractivity contribution < 1.29 is 18.7 Å². The standard InChI is InChI=1S/C23H25FN2O3/c24-19-7-4-16(5-8-19)15-26(20-10-12-29-13-11-20)23(28)18-6-9-21-17(14-18)2-1-3-22(27)25-21/h4-9,14,20H,1-3,10-13,15H2,(H,25,27). The highest BCUT2D eigenvalue weighted by Gasteiger charge is 2.27. The van der Waals surface area contributed by atoms with E-state index in [0.717, 1.165) is 42.5 Å². The zero-order chi connectivity index (χ0) is 20.2. The van der Waals surface area contributed by atoms with E-state index in [2.05, 4.69) is 5.32 Å². The molecule has 2 aromatic rings. The SMILES string of the molecule is O=C1CCCc2cc(C(=O)N(Cc3ccc(F)cc3)C3CCOCC3)ccc2N1. The molecule has 0 unspecified atom stereocenters. The first-order chi connectivity index (χ1) is 14.1. The molecule has 0 spiro atoms. The van der Waals surface area contributed by atoms with Crippen LogP contribution in [-0.2, 0) is 22.5 Å². The zero-order valence-corrected chi connectivity index (χ0v) is 16.3. The van der Waals surface area contributed by atoms with Crippen LogP contribution in [0.2, 0.25) is 0 Å². The molecule has 4 rings (SSSR count). The molecule has 2 aliphatic heterocycles. The van der Waals surface area contributed by atoms with Gasteiger partial charge in [-0.1, -0.05) is 12.1 Å². The molecule has 1 fully saturated rings. The lowest BCUT2D eigenvalue weighted by molar-refractivity contribution is -0.116. The topological polar surface area (TPSA) is 58.6 Å². The van der Waals surface area contributed by atoms with E-state index in [9.17, 15) is 14.0 Å². The molecule has 1 saturated heterocycles. The molecular weight excluding hydrogens is 371 g/mol. The van der Waals surface area contributed by atoms with Gasteiger partial charge in [-0.05, 0) is 67.1 Å². The van der Waals surface area contributed by atoms with Gasteiger partial charge in [-0.3, -0.25) is 9.59 Å². The van der Waals surface area contributed by atoms with Crippen LogP contribution in [0.1, 0.15) is 47.2 Å². The number of anilines is 1. The van der Waals surface area contributed by atoms with Crippen LogP contribution in [0, 0.1) is 5.82 Å². The third-order valence-corrected chi connectivity index (χ3v) is 5.63. The average molecular weight is 396 g/mol. The summed E-state index contributed by atoms with van der Waals surface area (Å²) in [5, 5.41) is 2.91. The molecule has 6 heteroatoms. The molecule has 2 aromatic carbocycles. The molecular formula is C23H25FN2O3. The van der Waals surface area contributed by atoms with Crippen molar-refractivity contribution in [1.82, 2.24) is 4.90 Å². The third kappa shape index (κ3) is 4.65. The summed E-state index contributed by atoms with van der Waals surface area (Å²) in [6.45, 7) is 1.69. The van der Waals surface area contributed by atoms with E-state index in [-0.39, 0.29) is 23.7 Å². The molecule has 1 N–H and O–H groups in total. The first-order valence-corrected chi connectivity index (χ1v) is 10.2. The Balaban J connectivity index is 1.61. The van der Waals surface area contributed by atoms with E-state index >= 15 is 0 Å². The fourth-order valence-corrected chi connectivity index (χ4v) is 4.02. The summed E-state index contributed by atoms with van der Waals surface area (Å²) in [6.07, 6.45) is 3.61. The number of amides is 2. The Bertz CT molecular complexity index is 891. The Hall–Kier alpha value is -2.73. The summed E-state index contributed by atoms with van der Waals surface area (Å²) in [7, 11) is 0. The molecule has 0 saturated carbocycles. The summed E-state index contributed by atoms with van der Waals surface area (Å²) in [6, 6.07) is 11.9. The highest BCUT2D eigenvalue weighted by Crippen LogP contribution is 2.26. The van der Waals surface area contributed by atoms with Crippen molar-refractivity contribution in [2.75, 3.05) is 18.5 Å². The lowest BCUT2D eigenvalue weighted by Gasteiger charge is -2.34. The van der Waals surface area contributed by atoms with Gasteiger partial charge in [0.05, 0.1) is 0 Å². The number of aryl methyl sites for hydroxylation is 1. The fraction of sp³-hybridized carbons (Fsp3) is 0.391. The molecule has 0 bridgehead atoms. The molecule has 0 radical (unpaired) electrons. The minimum absolute atomic E-state index is 0.0166. The number of carbonyl (C=O) groups excluding carboxylic acids is 2. The number of nitrogens with zero attached hydrogens (tertiary/aromatic N) is 1. The van der Waals surface area contributed by atoms with E-state index in [1.165, 1.54) is 12.1 Å². The van der Waals surface area contributed by atoms with E-state index in [1.807, 2.05) is 17.0 Å². The quantitative estimate of drug-likeness (QED) is 0.852. The van der Waals surface area contributed by atoms with Crippen LogP contribution < -0.4 is 5.32 Å². The van der Waals surface area contributed by atoms with Crippen molar-refractivity contribution in [1.29, 1.82) is 0 Å². The van der Waals surface area contributed by atoms with Gasteiger partial charge in [0.1, 0.15) is 5.82 Å². The summed E-state index contributed by atoms with van der Waals surface area (Å²) in [4.78, 5) is 27.1. The normalized spacial score (nSPS) is 17.2. The highest BCUT2D eigenvalue weighted by molar-refractivity contribution is 5.97. The second kappa shape index (κ2) is 8.74. The smallest absolute Gasteiger partial charge is 0.254 e. The molecule has 5 nitrogen and oxygen atoms in total. The van der Waals surface area contributed by atoms with Crippen LogP contribution in [0.15, 0.2) is 42.5 Å². The van der Waals surface area contributed by atoms with Gasteiger partial charge in [0.15, 0.2) is 0 Å². The van der Waals surface area contributed by atoms with E-state index in [0.29, 0.717) is 31.7 Å². The van der Waals surface area contributed by atoms with Gasteiger partial charge < -0.3 is 15.0 Å². The maximum atomic E-state index is 13.5. The summed E-state index contributed by atoms with van der Waals surface area (Å²) < 4.78 is 18.8. The maximum absolute atomic E-state index is 13.5. The van der Waals surface area contributed by atoms with Crippen molar-refractivity contribution in [2.45, 2.75) is 44.7 Å². The summed E-state index contributed by atoms with van der Waals surface area (Å²) in [5.41, 5.74) is 3.30. The molecule has 2 heterocycles. The molecule has 0 aromatic heterocycles. The van der Waals surface area contributed by atoms with Gasteiger partial charge in [-0.15, -0.1) is 0 Å². The van der Waals surface area contributed by atoms with Gasteiger partial charge in [-0.2, -0.15) is 0 Å². The Morgan fingerprint density at radius 2 is 1.86 bits per heavy atom. The number of hydrogen-bond acceptors (Lipinski definition) is 3. The average Bonchev–Trinajstić information content (AvgIpc) is 2.93. The van der Waals surface area contributed by atoms with Crippen LogP contribution >= 0.6 is 0 Å². The summed E-state index contributed by atoms with van der Waals surface area (Å²) >= 11 is 0. The van der Waals surface area contributed by atoms with Crippen LogP contribution in [0.5, 0.6) is 0 Å². The zero-order valence-electron chi connectivity index (χ0n) is 16.3. The van der Waals surface area contributed by atoms with Gasteiger partial charge in [0.25, 0.3) is 5.91 Å². The van der Waals surface area contributed by atoms with E-state index in [1.54, 1.807) is 18.2 Å². The molecule has 152 valence electrons. The number of hydrogen-bond donors (Lipinski definition) is 1. The van der Waals surface area contributed by atoms with E-state index in [4.69, 9.17) is 4.74 Å². The van der Waals surface area contributed by atoms with Crippen molar-refractivity contribution >= 4 is 17.5 Å². The number of rotatable bonds is 4. The Morgan fingerprint density at radius 1 is 1.10 bits per heavy atom. The highest BCUT2D eigenvalue weighted by atomic mass is 19.1. The first-order valence-electron chi connectivity index (χ1n) is 10.2. The van der Waals surface area contributed by atoms with Crippen molar-refractivity contribution in [2.24, 2.45) is 0 Å². The molecule has 0 atom stereocenters. The Kier molecular flexibility index (Phi) is 5.90. The maximum Gasteiger partial charge on any atom is 0.254 e. The number of ether oxygens (including phenoxy) is 1. The molecule has 2 amide bonds. The summed E-state index contributed by atoms with van der Waals surface area (Å²) in [5.74, 6) is -0.312. The number of halogens is 1. The number of fused-ring (bicyclic) bond motifs is 1.